The van der Waals surface area contributed by atoms with Gasteiger partial charge < -0.3 is 9.47 Å². The van der Waals surface area contributed by atoms with Gasteiger partial charge in [-0.05, 0) is 39.1 Å². The molecule has 0 aromatic heterocycles. The van der Waals surface area contributed by atoms with Crippen LogP contribution in [0.25, 0.3) is 0 Å². The van der Waals surface area contributed by atoms with Gasteiger partial charge in [0.2, 0.25) is 0 Å². The number of para-hydroxylation sites is 2. The van der Waals surface area contributed by atoms with Crippen molar-refractivity contribution >= 4 is 34.0 Å². The standard InChI is InChI=1S/C21H21O5PS/c1-15-12-13-21(28(22,23)24)20(14-15)27(18-10-6-4-8-16(18)25-2)19-11-7-5-9-17(19)26-3/h4-14H,1-3H3,(H,22,23,24). The van der Waals surface area contributed by atoms with E-state index in [1.165, 1.54) is 6.07 Å². The summed E-state index contributed by atoms with van der Waals surface area (Å²) >= 11 is 0. The normalized spacial score (nSPS) is 11.5. The van der Waals surface area contributed by atoms with Crippen LogP contribution in [0, 0.1) is 6.92 Å². The average molecular weight is 416 g/mol. The molecule has 28 heavy (non-hydrogen) atoms. The number of benzene rings is 3. The van der Waals surface area contributed by atoms with Gasteiger partial charge in [-0.15, -0.1) is 0 Å². The highest BCUT2D eigenvalue weighted by Crippen LogP contribution is 2.41. The molecule has 0 saturated carbocycles. The summed E-state index contributed by atoms with van der Waals surface area (Å²) in [6, 6.07) is 19.9. The first-order valence-electron chi connectivity index (χ1n) is 8.51. The van der Waals surface area contributed by atoms with Crippen molar-refractivity contribution in [2.45, 2.75) is 11.8 Å². The molecule has 0 saturated heterocycles. The van der Waals surface area contributed by atoms with E-state index in [1.54, 1.807) is 26.4 Å². The second-order valence-electron chi connectivity index (χ2n) is 6.13. The van der Waals surface area contributed by atoms with Crippen LogP contribution in [0.5, 0.6) is 11.5 Å². The lowest BCUT2D eigenvalue weighted by Gasteiger charge is -2.25. The Bertz CT molecular complexity index is 1050. The van der Waals surface area contributed by atoms with Crippen molar-refractivity contribution in [2.75, 3.05) is 14.2 Å². The number of ether oxygens (including phenoxy) is 2. The first-order chi connectivity index (χ1) is 13.4. The van der Waals surface area contributed by atoms with Gasteiger partial charge in [0.05, 0.1) is 14.2 Å². The van der Waals surface area contributed by atoms with E-state index in [4.69, 9.17) is 9.47 Å². The maximum absolute atomic E-state index is 12.1. The van der Waals surface area contributed by atoms with E-state index in [9.17, 15) is 13.0 Å². The number of methoxy groups -OCH3 is 2. The van der Waals surface area contributed by atoms with Crippen LogP contribution in [0.3, 0.4) is 0 Å². The molecule has 0 unspecified atom stereocenters. The Labute approximate surface area is 166 Å². The number of aryl methyl sites for hydroxylation is 1. The number of hydrogen-bond donors (Lipinski definition) is 1. The third-order valence-electron chi connectivity index (χ3n) is 4.29. The Balaban J connectivity index is 2.41. The van der Waals surface area contributed by atoms with E-state index in [1.807, 2.05) is 55.5 Å². The van der Waals surface area contributed by atoms with Crippen LogP contribution in [0.2, 0.25) is 0 Å². The molecule has 0 amide bonds. The zero-order valence-electron chi connectivity index (χ0n) is 15.8. The molecular formula is C21H21O5PS. The highest BCUT2D eigenvalue weighted by Gasteiger charge is 2.28. The summed E-state index contributed by atoms with van der Waals surface area (Å²) in [5.41, 5.74) is 0.889. The van der Waals surface area contributed by atoms with Crippen LogP contribution in [-0.4, -0.2) is 27.2 Å². The average Bonchev–Trinajstić information content (AvgIpc) is 2.68. The van der Waals surface area contributed by atoms with Gasteiger partial charge in [-0.3, -0.25) is 4.55 Å². The van der Waals surface area contributed by atoms with E-state index in [2.05, 4.69) is 0 Å². The summed E-state index contributed by atoms with van der Waals surface area (Å²) in [6.45, 7) is 1.88. The van der Waals surface area contributed by atoms with Gasteiger partial charge in [0.25, 0.3) is 10.1 Å². The lowest BCUT2D eigenvalue weighted by molar-refractivity contribution is 0.417. The molecule has 5 nitrogen and oxygen atoms in total. The van der Waals surface area contributed by atoms with Crippen LogP contribution in [0.1, 0.15) is 5.56 Å². The summed E-state index contributed by atoms with van der Waals surface area (Å²) in [5, 5.41) is 2.19. The zero-order chi connectivity index (χ0) is 20.3. The Morgan fingerprint density at radius 2 is 1.29 bits per heavy atom. The van der Waals surface area contributed by atoms with Crippen LogP contribution in [0.4, 0.5) is 0 Å². The van der Waals surface area contributed by atoms with Gasteiger partial charge in [-0.25, -0.2) is 0 Å². The fourth-order valence-corrected chi connectivity index (χ4v) is 6.87. The van der Waals surface area contributed by atoms with Crippen LogP contribution < -0.4 is 25.4 Å². The SMILES string of the molecule is COc1ccccc1P(c1ccccc1OC)c1cc(C)ccc1S(=O)(=O)O. The summed E-state index contributed by atoms with van der Waals surface area (Å²) in [5.74, 6) is 1.28. The van der Waals surface area contributed by atoms with Crippen LogP contribution >= 0.6 is 7.92 Å². The smallest absolute Gasteiger partial charge is 0.295 e. The molecule has 0 aliphatic rings. The highest BCUT2D eigenvalue weighted by molar-refractivity contribution is 7.88. The molecule has 0 fully saturated rings. The molecule has 0 spiro atoms. The van der Waals surface area contributed by atoms with Gasteiger partial charge in [-0.2, -0.15) is 8.42 Å². The molecule has 0 heterocycles. The van der Waals surface area contributed by atoms with Crippen molar-refractivity contribution < 1.29 is 22.4 Å². The summed E-state index contributed by atoms with van der Waals surface area (Å²) in [6.07, 6.45) is 0. The molecule has 0 radical (unpaired) electrons. The molecule has 0 aliphatic heterocycles. The third-order valence-corrected chi connectivity index (χ3v) is 7.90. The number of hydrogen-bond acceptors (Lipinski definition) is 4. The first kappa shape index (κ1) is 20.3. The molecule has 0 aliphatic carbocycles. The highest BCUT2D eigenvalue weighted by atomic mass is 32.2. The van der Waals surface area contributed by atoms with Crippen LogP contribution in [0.15, 0.2) is 71.6 Å². The molecule has 7 heteroatoms. The van der Waals surface area contributed by atoms with Gasteiger partial charge in [0.1, 0.15) is 16.4 Å². The zero-order valence-corrected chi connectivity index (χ0v) is 17.5. The van der Waals surface area contributed by atoms with Crippen molar-refractivity contribution in [3.8, 4) is 11.5 Å². The monoisotopic (exact) mass is 416 g/mol. The molecule has 3 aromatic carbocycles. The predicted molar refractivity (Wildman–Crippen MR) is 113 cm³/mol. The second-order valence-corrected chi connectivity index (χ2v) is 9.63. The minimum Gasteiger partial charge on any atom is -0.496 e. The fourth-order valence-electron chi connectivity index (χ4n) is 3.04. The van der Waals surface area contributed by atoms with Crippen molar-refractivity contribution in [1.29, 1.82) is 0 Å². The fraction of sp³-hybridized carbons (Fsp3) is 0.143. The molecule has 0 bridgehead atoms. The summed E-state index contributed by atoms with van der Waals surface area (Å²) in [7, 11) is -2.65. The Kier molecular flexibility index (Phi) is 6.04. The van der Waals surface area contributed by atoms with E-state index in [0.29, 0.717) is 16.8 Å². The molecule has 3 rings (SSSR count). The van der Waals surface area contributed by atoms with Crippen molar-refractivity contribution in [3.05, 3.63) is 72.3 Å². The minimum atomic E-state index is -4.42. The summed E-state index contributed by atoms with van der Waals surface area (Å²) in [4.78, 5) is -0.110. The predicted octanol–water partition coefficient (Wildman–Crippen LogP) is 3.02. The van der Waals surface area contributed by atoms with Crippen molar-refractivity contribution in [2.24, 2.45) is 0 Å². The van der Waals surface area contributed by atoms with E-state index in [0.717, 1.165) is 16.2 Å². The second kappa shape index (κ2) is 8.31. The summed E-state index contributed by atoms with van der Waals surface area (Å²) < 4.78 is 45.3. The minimum absolute atomic E-state index is 0.110. The van der Waals surface area contributed by atoms with Crippen LogP contribution in [-0.2, 0) is 10.1 Å². The Morgan fingerprint density at radius 3 is 1.75 bits per heavy atom. The van der Waals surface area contributed by atoms with E-state index in [-0.39, 0.29) is 4.90 Å². The first-order valence-corrected chi connectivity index (χ1v) is 11.3. The molecule has 3 aromatic rings. The van der Waals surface area contributed by atoms with Gasteiger partial charge >= 0.3 is 0 Å². The molecular weight excluding hydrogens is 395 g/mol. The van der Waals surface area contributed by atoms with E-state index >= 15 is 0 Å². The maximum atomic E-state index is 12.1. The lowest BCUT2D eigenvalue weighted by Crippen LogP contribution is -2.27. The largest absolute Gasteiger partial charge is 0.496 e. The Hall–Kier alpha value is -2.40. The molecule has 0 atom stereocenters. The van der Waals surface area contributed by atoms with Gasteiger partial charge in [0, 0.05) is 15.9 Å². The van der Waals surface area contributed by atoms with Gasteiger partial charge in [0.15, 0.2) is 0 Å². The molecule has 1 N–H and O–H groups in total. The van der Waals surface area contributed by atoms with E-state index < -0.39 is 18.0 Å². The van der Waals surface area contributed by atoms with Gasteiger partial charge in [-0.1, -0.05) is 48.0 Å². The quantitative estimate of drug-likeness (QED) is 0.494. The number of rotatable bonds is 6. The topological polar surface area (TPSA) is 72.8 Å². The lowest BCUT2D eigenvalue weighted by atomic mass is 10.2. The maximum Gasteiger partial charge on any atom is 0.295 e. The third kappa shape index (κ3) is 4.04. The Morgan fingerprint density at radius 1 is 0.786 bits per heavy atom. The van der Waals surface area contributed by atoms with Crippen molar-refractivity contribution in [1.82, 2.24) is 0 Å². The van der Waals surface area contributed by atoms with Crippen molar-refractivity contribution in [3.63, 3.8) is 0 Å². The molecule has 146 valence electrons.